The van der Waals surface area contributed by atoms with E-state index in [1.165, 1.54) is 0 Å². The molecule has 35 heavy (non-hydrogen) atoms. The molecule has 0 aromatic heterocycles. The van der Waals surface area contributed by atoms with E-state index in [0.29, 0.717) is 0 Å². The number of carbonyl (C=O) groups is 6. The van der Waals surface area contributed by atoms with Gasteiger partial charge in [-0.1, -0.05) is 0 Å². The fourth-order valence-corrected chi connectivity index (χ4v) is 3.09. The Morgan fingerprint density at radius 2 is 1.14 bits per heavy atom. The van der Waals surface area contributed by atoms with Gasteiger partial charge in [-0.05, 0) is 0 Å². The molecule has 1 aliphatic heterocycles. The zero-order chi connectivity index (χ0) is 26.7. The van der Waals surface area contributed by atoms with Crippen LogP contribution in [0.3, 0.4) is 0 Å². The van der Waals surface area contributed by atoms with Crippen molar-refractivity contribution in [3.63, 3.8) is 0 Å². The number of rotatable bonds is 11. The minimum Gasteiger partial charge on any atom is -0.463 e. The van der Waals surface area contributed by atoms with E-state index >= 15 is 0 Å². The van der Waals surface area contributed by atoms with Crippen molar-refractivity contribution in [1.82, 2.24) is 0 Å². The molecule has 0 aliphatic carbocycles. The molecule has 0 aromatic carbocycles. The third-order valence-corrected chi connectivity index (χ3v) is 4.20. The molecule has 1 saturated heterocycles. The Morgan fingerprint density at radius 3 is 1.63 bits per heavy atom. The molecular formula is C21H30O14. The summed E-state index contributed by atoms with van der Waals surface area (Å²) in [4.78, 5) is 69.2. The van der Waals surface area contributed by atoms with Crippen molar-refractivity contribution >= 4 is 35.8 Å². The highest BCUT2D eigenvalue weighted by molar-refractivity contribution is 5.69. The predicted octanol–water partition coefficient (Wildman–Crippen LogP) is -0.419. The lowest BCUT2D eigenvalue weighted by molar-refractivity contribution is -0.311. The maximum atomic E-state index is 11.8. The maximum Gasteiger partial charge on any atom is 0.303 e. The van der Waals surface area contributed by atoms with Gasteiger partial charge in [-0.25, -0.2) is 0 Å². The van der Waals surface area contributed by atoms with Gasteiger partial charge in [0.05, 0.1) is 6.61 Å². The lowest BCUT2D eigenvalue weighted by Gasteiger charge is -2.44. The molecule has 0 bridgehead atoms. The standard InChI is InChI=1S/C21H30O14/c1-10(22)28-7-16(31-12(3)24)8-30-21-20(34-15(6)27)19(33-14(5)26)18(32-13(4)25)17(35-21)9-29-11(2)23/h16-21H,7-9H2,1-6H3/t16-,17-,18-,19+,20-,21+/m1/s1. The molecule has 14 nitrogen and oxygen atoms in total. The zero-order valence-electron chi connectivity index (χ0n) is 20.3. The van der Waals surface area contributed by atoms with Gasteiger partial charge in [-0.3, -0.25) is 28.8 Å². The Balaban J connectivity index is 3.27. The first kappa shape index (κ1) is 29.8. The summed E-state index contributed by atoms with van der Waals surface area (Å²) in [6.07, 6.45) is -7.94. The van der Waals surface area contributed by atoms with Gasteiger partial charge in [0.1, 0.15) is 19.3 Å². The van der Waals surface area contributed by atoms with Crippen LogP contribution in [0.5, 0.6) is 0 Å². The number of hydrogen-bond donors (Lipinski definition) is 0. The van der Waals surface area contributed by atoms with Crippen molar-refractivity contribution in [2.24, 2.45) is 0 Å². The molecule has 0 unspecified atom stereocenters. The lowest BCUT2D eigenvalue weighted by atomic mass is 9.98. The molecule has 0 N–H and O–H groups in total. The highest BCUT2D eigenvalue weighted by Gasteiger charge is 2.53. The molecular weight excluding hydrogens is 476 g/mol. The predicted molar refractivity (Wildman–Crippen MR) is 110 cm³/mol. The summed E-state index contributed by atoms with van der Waals surface area (Å²) in [6, 6.07) is 0. The summed E-state index contributed by atoms with van der Waals surface area (Å²) in [6.45, 7) is 5.50. The molecule has 6 atom stereocenters. The van der Waals surface area contributed by atoms with Crippen molar-refractivity contribution in [3.05, 3.63) is 0 Å². The molecule has 198 valence electrons. The molecule has 1 aliphatic rings. The van der Waals surface area contributed by atoms with Crippen LogP contribution in [0.25, 0.3) is 0 Å². The van der Waals surface area contributed by atoms with Crippen LogP contribution in [0.15, 0.2) is 0 Å². The molecule has 1 heterocycles. The second-order valence-corrected chi connectivity index (χ2v) is 7.44. The van der Waals surface area contributed by atoms with E-state index < -0.39 is 85.8 Å². The van der Waals surface area contributed by atoms with Gasteiger partial charge < -0.3 is 37.9 Å². The summed E-state index contributed by atoms with van der Waals surface area (Å²) in [5.74, 6) is -4.37. The number of esters is 6. The molecule has 1 rings (SSSR count). The number of hydrogen-bond acceptors (Lipinski definition) is 14. The topological polar surface area (TPSA) is 176 Å². The molecule has 0 saturated carbocycles. The highest BCUT2D eigenvalue weighted by Crippen LogP contribution is 2.30. The van der Waals surface area contributed by atoms with Crippen LogP contribution in [0.4, 0.5) is 0 Å². The minimum absolute atomic E-state index is 0.347. The van der Waals surface area contributed by atoms with E-state index in [1.54, 1.807) is 0 Å². The average molecular weight is 506 g/mol. The van der Waals surface area contributed by atoms with E-state index in [-0.39, 0.29) is 6.61 Å². The summed E-state index contributed by atoms with van der Waals surface area (Å²) in [5.41, 5.74) is 0. The first-order valence-electron chi connectivity index (χ1n) is 10.5. The fourth-order valence-electron chi connectivity index (χ4n) is 3.09. The Kier molecular flexibility index (Phi) is 12.1. The summed E-state index contributed by atoms with van der Waals surface area (Å²) < 4.78 is 42.1. The van der Waals surface area contributed by atoms with Crippen LogP contribution < -0.4 is 0 Å². The monoisotopic (exact) mass is 506 g/mol. The molecule has 0 amide bonds. The Labute approximate surface area is 201 Å². The van der Waals surface area contributed by atoms with Crippen molar-refractivity contribution in [2.75, 3.05) is 19.8 Å². The second-order valence-electron chi connectivity index (χ2n) is 7.44. The normalized spacial score (nSPS) is 24.3. The summed E-state index contributed by atoms with van der Waals surface area (Å²) in [7, 11) is 0. The van der Waals surface area contributed by atoms with E-state index in [0.717, 1.165) is 41.5 Å². The van der Waals surface area contributed by atoms with Crippen molar-refractivity contribution < 1.29 is 66.7 Å². The smallest absolute Gasteiger partial charge is 0.303 e. The van der Waals surface area contributed by atoms with Crippen LogP contribution in [0.2, 0.25) is 0 Å². The average Bonchev–Trinajstić information content (AvgIpc) is 2.70. The van der Waals surface area contributed by atoms with Gasteiger partial charge in [0.2, 0.25) is 0 Å². The van der Waals surface area contributed by atoms with Gasteiger partial charge in [0.25, 0.3) is 0 Å². The van der Waals surface area contributed by atoms with Gasteiger partial charge in [0, 0.05) is 41.5 Å². The Hall–Kier alpha value is -3.26. The fraction of sp³-hybridized carbons (Fsp3) is 0.714. The highest BCUT2D eigenvalue weighted by atomic mass is 16.7. The maximum absolute atomic E-state index is 11.8. The van der Waals surface area contributed by atoms with E-state index in [2.05, 4.69) is 0 Å². The van der Waals surface area contributed by atoms with Gasteiger partial charge in [-0.15, -0.1) is 0 Å². The molecule has 0 spiro atoms. The Morgan fingerprint density at radius 1 is 0.629 bits per heavy atom. The number of carbonyl (C=O) groups excluding carboxylic acids is 6. The SMILES string of the molecule is CC(=O)OC[C@H](CO[C@H]1O[C@H](COC(C)=O)[C@@H](OC(C)=O)[C@H](OC(C)=O)[C@H]1OC(C)=O)OC(C)=O. The molecule has 1 fully saturated rings. The minimum atomic E-state index is -1.47. The third kappa shape index (κ3) is 11.1. The first-order valence-corrected chi connectivity index (χ1v) is 10.5. The summed E-state index contributed by atoms with van der Waals surface area (Å²) in [5, 5.41) is 0. The van der Waals surface area contributed by atoms with Crippen molar-refractivity contribution in [3.8, 4) is 0 Å². The van der Waals surface area contributed by atoms with Crippen LogP contribution in [0.1, 0.15) is 41.5 Å². The lowest BCUT2D eigenvalue weighted by Crippen LogP contribution is -2.63. The van der Waals surface area contributed by atoms with Gasteiger partial charge >= 0.3 is 35.8 Å². The van der Waals surface area contributed by atoms with E-state index in [9.17, 15) is 28.8 Å². The van der Waals surface area contributed by atoms with Crippen LogP contribution in [-0.4, -0.2) is 92.4 Å². The number of ether oxygens (including phenoxy) is 8. The van der Waals surface area contributed by atoms with Gasteiger partial charge in [-0.2, -0.15) is 0 Å². The molecule has 0 aromatic rings. The van der Waals surface area contributed by atoms with Crippen molar-refractivity contribution in [1.29, 1.82) is 0 Å². The van der Waals surface area contributed by atoms with Crippen LogP contribution in [0, 0.1) is 0 Å². The zero-order valence-corrected chi connectivity index (χ0v) is 20.3. The second kappa shape index (κ2) is 14.2. The Bertz CT molecular complexity index is 793. The van der Waals surface area contributed by atoms with Crippen LogP contribution >= 0.6 is 0 Å². The van der Waals surface area contributed by atoms with Crippen LogP contribution in [-0.2, 0) is 66.7 Å². The quantitative estimate of drug-likeness (QED) is 0.261. The van der Waals surface area contributed by atoms with E-state index in [1.807, 2.05) is 0 Å². The largest absolute Gasteiger partial charge is 0.463 e. The first-order chi connectivity index (χ1) is 16.3. The van der Waals surface area contributed by atoms with Crippen molar-refractivity contribution in [2.45, 2.75) is 78.4 Å². The third-order valence-electron chi connectivity index (χ3n) is 4.20. The van der Waals surface area contributed by atoms with Gasteiger partial charge in [0.15, 0.2) is 30.7 Å². The molecule has 0 radical (unpaired) electrons. The summed E-state index contributed by atoms with van der Waals surface area (Å²) >= 11 is 0. The van der Waals surface area contributed by atoms with E-state index in [4.69, 9.17) is 37.9 Å². The molecule has 14 heteroatoms.